The molecule has 0 fully saturated rings. The van der Waals surface area contributed by atoms with Crippen molar-refractivity contribution in [1.82, 2.24) is 10.6 Å². The second-order valence-corrected chi connectivity index (χ2v) is 5.47. The zero-order valence-electron chi connectivity index (χ0n) is 13.2. The van der Waals surface area contributed by atoms with Gasteiger partial charge in [0.05, 0.1) is 13.2 Å². The number of hydrogen-bond acceptors (Lipinski definition) is 2. The lowest BCUT2D eigenvalue weighted by atomic mass is 10.1. The molecule has 0 unspecified atom stereocenters. The fraction of sp³-hybridized carbons (Fsp3) is 0.278. The van der Waals surface area contributed by atoms with E-state index in [0.29, 0.717) is 13.1 Å². The Balaban J connectivity index is 2.03. The predicted octanol–water partition coefficient (Wildman–Crippen LogP) is 3.09. The summed E-state index contributed by atoms with van der Waals surface area (Å²) >= 11 is 6.16. The van der Waals surface area contributed by atoms with Gasteiger partial charge in [0.1, 0.15) is 0 Å². The lowest BCUT2D eigenvalue weighted by Gasteiger charge is -2.13. The summed E-state index contributed by atoms with van der Waals surface area (Å²) in [6.45, 7) is 3.94. The lowest BCUT2D eigenvalue weighted by Crippen LogP contribution is -2.37. The van der Waals surface area contributed by atoms with Crippen molar-refractivity contribution in [2.24, 2.45) is 4.99 Å². The van der Waals surface area contributed by atoms with Gasteiger partial charge in [0.25, 0.3) is 0 Å². The highest BCUT2D eigenvalue weighted by atomic mass is 35.5. The second-order valence-electron chi connectivity index (χ2n) is 5.07. The van der Waals surface area contributed by atoms with Gasteiger partial charge in [0, 0.05) is 18.1 Å². The van der Waals surface area contributed by atoms with Gasteiger partial charge in [-0.05, 0) is 29.7 Å². The van der Waals surface area contributed by atoms with Crippen LogP contribution in [0, 0.1) is 0 Å². The number of guanidine groups is 1. The summed E-state index contributed by atoms with van der Waals surface area (Å²) in [5, 5.41) is 16.6. The predicted molar refractivity (Wildman–Crippen MR) is 95.5 cm³/mol. The molecule has 3 N–H and O–H groups in total. The molecule has 0 radical (unpaired) electrons. The Labute approximate surface area is 142 Å². The molecule has 0 spiro atoms. The molecule has 0 saturated heterocycles. The fourth-order valence-electron chi connectivity index (χ4n) is 2.20. The summed E-state index contributed by atoms with van der Waals surface area (Å²) in [6.07, 6.45) is 0. The van der Waals surface area contributed by atoms with Gasteiger partial charge in [-0.1, -0.05) is 54.1 Å². The summed E-state index contributed by atoms with van der Waals surface area (Å²) in [5.41, 5.74) is 2.96. The van der Waals surface area contributed by atoms with Crippen LogP contribution in [0.15, 0.2) is 53.5 Å². The quantitative estimate of drug-likeness (QED) is 0.563. The van der Waals surface area contributed by atoms with Crippen molar-refractivity contribution in [3.8, 4) is 0 Å². The van der Waals surface area contributed by atoms with Crippen molar-refractivity contribution in [2.75, 3.05) is 6.54 Å². The van der Waals surface area contributed by atoms with Crippen LogP contribution in [0.3, 0.4) is 0 Å². The van der Waals surface area contributed by atoms with E-state index in [1.54, 1.807) is 0 Å². The smallest absolute Gasteiger partial charge is 0.191 e. The molecule has 0 saturated carbocycles. The SMILES string of the molecule is CCNC(=NCc1ccccc1Cl)NCc1ccccc1CO. The summed E-state index contributed by atoms with van der Waals surface area (Å²) in [6, 6.07) is 15.5. The first kappa shape index (κ1) is 17.3. The molecule has 2 rings (SSSR count). The second kappa shape index (κ2) is 9.18. The monoisotopic (exact) mass is 331 g/mol. The summed E-state index contributed by atoms with van der Waals surface area (Å²) < 4.78 is 0. The lowest BCUT2D eigenvalue weighted by molar-refractivity contribution is 0.280. The number of aliphatic hydroxyl groups excluding tert-OH is 1. The highest BCUT2D eigenvalue weighted by Crippen LogP contribution is 2.15. The zero-order valence-corrected chi connectivity index (χ0v) is 14.0. The minimum atomic E-state index is 0.0329. The van der Waals surface area contributed by atoms with Crippen LogP contribution < -0.4 is 10.6 Å². The average Bonchev–Trinajstić information content (AvgIpc) is 2.59. The minimum absolute atomic E-state index is 0.0329. The zero-order chi connectivity index (χ0) is 16.5. The Morgan fingerprint density at radius 1 is 1.00 bits per heavy atom. The Bertz CT molecular complexity index is 658. The van der Waals surface area contributed by atoms with E-state index in [1.165, 1.54) is 0 Å². The number of nitrogens with one attached hydrogen (secondary N) is 2. The maximum atomic E-state index is 9.38. The van der Waals surface area contributed by atoms with E-state index in [4.69, 9.17) is 11.6 Å². The highest BCUT2D eigenvalue weighted by Gasteiger charge is 2.03. The largest absolute Gasteiger partial charge is 0.392 e. The third kappa shape index (κ3) is 5.27. The average molecular weight is 332 g/mol. The van der Waals surface area contributed by atoms with Crippen molar-refractivity contribution in [2.45, 2.75) is 26.6 Å². The summed E-state index contributed by atoms with van der Waals surface area (Å²) in [7, 11) is 0. The van der Waals surface area contributed by atoms with Gasteiger partial charge in [-0.2, -0.15) is 0 Å². The maximum absolute atomic E-state index is 9.38. The van der Waals surface area contributed by atoms with Crippen molar-refractivity contribution in [3.63, 3.8) is 0 Å². The minimum Gasteiger partial charge on any atom is -0.392 e. The molecule has 23 heavy (non-hydrogen) atoms. The van der Waals surface area contributed by atoms with E-state index in [0.717, 1.165) is 34.2 Å². The molecular weight excluding hydrogens is 310 g/mol. The summed E-state index contributed by atoms with van der Waals surface area (Å²) in [5.74, 6) is 0.722. The van der Waals surface area contributed by atoms with Crippen LogP contribution in [-0.2, 0) is 19.7 Å². The van der Waals surface area contributed by atoms with Crippen molar-refractivity contribution in [1.29, 1.82) is 0 Å². The van der Waals surface area contributed by atoms with Crippen molar-refractivity contribution in [3.05, 3.63) is 70.2 Å². The van der Waals surface area contributed by atoms with Crippen molar-refractivity contribution >= 4 is 17.6 Å². The maximum Gasteiger partial charge on any atom is 0.191 e. The normalized spacial score (nSPS) is 11.3. The fourth-order valence-corrected chi connectivity index (χ4v) is 2.39. The first-order chi connectivity index (χ1) is 11.2. The van der Waals surface area contributed by atoms with Crippen LogP contribution in [0.5, 0.6) is 0 Å². The number of aliphatic imine (C=N–C) groups is 1. The molecule has 122 valence electrons. The van der Waals surface area contributed by atoms with Crippen LogP contribution in [0.4, 0.5) is 0 Å². The van der Waals surface area contributed by atoms with Gasteiger partial charge >= 0.3 is 0 Å². The van der Waals surface area contributed by atoms with E-state index >= 15 is 0 Å². The Hall–Kier alpha value is -2.04. The van der Waals surface area contributed by atoms with Crippen molar-refractivity contribution < 1.29 is 5.11 Å². The Kier molecular flexibility index (Phi) is 6.91. The summed E-state index contributed by atoms with van der Waals surface area (Å²) in [4.78, 5) is 4.56. The standard InChI is InChI=1S/C18H22ClN3O/c1-2-20-18(22-12-15-8-5-6-10-17(15)19)21-11-14-7-3-4-9-16(14)13-23/h3-10,23H,2,11-13H2,1H3,(H2,20,21,22). The van der Waals surface area contributed by atoms with Crippen LogP contribution in [0.1, 0.15) is 23.6 Å². The number of nitrogens with zero attached hydrogens (tertiary/aromatic N) is 1. The number of aliphatic hydroxyl groups is 1. The third-order valence-electron chi connectivity index (χ3n) is 3.44. The van der Waals surface area contributed by atoms with Crippen LogP contribution >= 0.6 is 11.6 Å². The first-order valence-electron chi connectivity index (χ1n) is 7.67. The van der Waals surface area contributed by atoms with Gasteiger partial charge in [-0.3, -0.25) is 0 Å². The van der Waals surface area contributed by atoms with Crippen LogP contribution in [0.2, 0.25) is 5.02 Å². The third-order valence-corrected chi connectivity index (χ3v) is 3.81. The van der Waals surface area contributed by atoms with E-state index in [2.05, 4.69) is 15.6 Å². The molecule has 0 bridgehead atoms. The van der Waals surface area contributed by atoms with E-state index in [9.17, 15) is 5.11 Å². The number of benzene rings is 2. The topological polar surface area (TPSA) is 56.7 Å². The van der Waals surface area contributed by atoms with E-state index < -0.39 is 0 Å². The first-order valence-corrected chi connectivity index (χ1v) is 8.05. The Morgan fingerprint density at radius 2 is 1.65 bits per heavy atom. The molecule has 2 aromatic rings. The molecule has 0 aliphatic heterocycles. The molecule has 0 atom stereocenters. The van der Waals surface area contributed by atoms with E-state index in [1.807, 2.05) is 55.5 Å². The molecular formula is C18H22ClN3O. The van der Waals surface area contributed by atoms with Gasteiger partial charge in [0.2, 0.25) is 0 Å². The molecule has 0 aromatic heterocycles. The molecule has 0 heterocycles. The molecule has 0 amide bonds. The molecule has 5 heteroatoms. The number of hydrogen-bond donors (Lipinski definition) is 3. The Morgan fingerprint density at radius 3 is 2.30 bits per heavy atom. The number of halogens is 1. The van der Waals surface area contributed by atoms with Crippen LogP contribution in [0.25, 0.3) is 0 Å². The molecule has 2 aromatic carbocycles. The van der Waals surface area contributed by atoms with Gasteiger partial charge in [0.15, 0.2) is 5.96 Å². The number of rotatable bonds is 6. The molecule has 0 aliphatic rings. The highest BCUT2D eigenvalue weighted by molar-refractivity contribution is 6.31. The van der Waals surface area contributed by atoms with Gasteiger partial charge in [-0.25, -0.2) is 4.99 Å². The molecule has 0 aliphatic carbocycles. The van der Waals surface area contributed by atoms with Gasteiger partial charge < -0.3 is 15.7 Å². The van der Waals surface area contributed by atoms with Gasteiger partial charge in [-0.15, -0.1) is 0 Å². The van der Waals surface area contributed by atoms with E-state index in [-0.39, 0.29) is 6.61 Å². The van der Waals surface area contributed by atoms with Crippen LogP contribution in [-0.4, -0.2) is 17.6 Å². The molecule has 4 nitrogen and oxygen atoms in total.